The predicted octanol–water partition coefficient (Wildman–Crippen LogP) is 3.05. The molecule has 2 aromatic carbocycles. The fourth-order valence-electron chi connectivity index (χ4n) is 1.77. The summed E-state index contributed by atoms with van der Waals surface area (Å²) in [7, 11) is -3.63. The van der Waals surface area contributed by atoms with Gasteiger partial charge in [-0.1, -0.05) is 25.1 Å². The molecule has 0 amide bonds. The predicted molar refractivity (Wildman–Crippen MR) is 84.3 cm³/mol. The molecule has 0 aromatic heterocycles. The molecule has 0 saturated heterocycles. The van der Waals surface area contributed by atoms with Crippen molar-refractivity contribution in [1.29, 1.82) is 0 Å². The van der Waals surface area contributed by atoms with Crippen LogP contribution in [-0.4, -0.2) is 21.0 Å². The number of esters is 1. The van der Waals surface area contributed by atoms with Gasteiger partial charge in [-0.3, -0.25) is 4.72 Å². The fourth-order valence-corrected chi connectivity index (χ4v) is 2.85. The topological polar surface area (TPSA) is 72.5 Å². The number of ether oxygens (including phenoxy) is 1. The number of benzene rings is 2. The van der Waals surface area contributed by atoms with Crippen LogP contribution in [-0.2, 0) is 14.8 Å². The third-order valence-electron chi connectivity index (χ3n) is 2.86. The van der Waals surface area contributed by atoms with Crippen LogP contribution < -0.4 is 4.72 Å². The lowest BCUT2D eigenvalue weighted by Gasteiger charge is -2.08. The molecule has 0 aliphatic heterocycles. The highest BCUT2D eigenvalue weighted by molar-refractivity contribution is 7.92. The maximum atomic E-state index is 12.2. The Morgan fingerprint density at radius 1 is 1.05 bits per heavy atom. The molecule has 22 heavy (non-hydrogen) atoms. The summed E-state index contributed by atoms with van der Waals surface area (Å²) in [6.07, 6.45) is 0.751. The van der Waals surface area contributed by atoms with Crippen molar-refractivity contribution < 1.29 is 17.9 Å². The van der Waals surface area contributed by atoms with Gasteiger partial charge in [-0.2, -0.15) is 0 Å². The molecule has 0 atom stereocenters. The molecule has 116 valence electrons. The highest BCUT2D eigenvalue weighted by Gasteiger charge is 2.14. The molecule has 2 rings (SSSR count). The first-order valence-electron chi connectivity index (χ1n) is 6.88. The Morgan fingerprint density at radius 3 is 2.27 bits per heavy atom. The molecular weight excluding hydrogens is 302 g/mol. The first kappa shape index (κ1) is 16.0. The number of hydrogen-bond donors (Lipinski definition) is 1. The molecule has 0 unspecified atom stereocenters. The van der Waals surface area contributed by atoms with Gasteiger partial charge in [0.2, 0.25) is 0 Å². The monoisotopic (exact) mass is 319 g/mol. The summed E-state index contributed by atoms with van der Waals surface area (Å²) in [6.45, 7) is 2.27. The summed E-state index contributed by atoms with van der Waals surface area (Å²) >= 11 is 0. The molecule has 6 heteroatoms. The lowest BCUT2D eigenvalue weighted by Crippen LogP contribution is -2.13. The van der Waals surface area contributed by atoms with E-state index in [0.29, 0.717) is 17.9 Å². The van der Waals surface area contributed by atoms with Crippen LogP contribution in [0.4, 0.5) is 5.69 Å². The Kier molecular flexibility index (Phi) is 5.16. The normalized spacial score (nSPS) is 11.0. The van der Waals surface area contributed by atoms with Gasteiger partial charge >= 0.3 is 5.97 Å². The molecule has 0 heterocycles. The average molecular weight is 319 g/mol. The van der Waals surface area contributed by atoms with Crippen LogP contribution in [0.15, 0.2) is 59.5 Å². The number of hydrogen-bond acceptors (Lipinski definition) is 4. The zero-order chi connectivity index (χ0) is 16.0. The number of carbonyl (C=O) groups is 1. The fraction of sp³-hybridized carbons (Fsp3) is 0.188. The smallest absolute Gasteiger partial charge is 0.338 e. The van der Waals surface area contributed by atoms with Crippen LogP contribution in [0.1, 0.15) is 23.7 Å². The van der Waals surface area contributed by atoms with Crippen molar-refractivity contribution in [3.05, 3.63) is 60.2 Å². The van der Waals surface area contributed by atoms with Crippen molar-refractivity contribution in [2.75, 3.05) is 11.3 Å². The average Bonchev–Trinajstić information content (AvgIpc) is 2.54. The zero-order valence-electron chi connectivity index (χ0n) is 12.2. The third-order valence-corrected chi connectivity index (χ3v) is 4.26. The van der Waals surface area contributed by atoms with Gasteiger partial charge in [0.1, 0.15) is 0 Å². The van der Waals surface area contributed by atoms with Crippen molar-refractivity contribution >= 4 is 21.7 Å². The summed E-state index contributed by atoms with van der Waals surface area (Å²) < 4.78 is 31.8. The minimum absolute atomic E-state index is 0.182. The van der Waals surface area contributed by atoms with Gasteiger partial charge in [0, 0.05) is 5.69 Å². The first-order chi connectivity index (χ1) is 10.5. The Hall–Kier alpha value is -2.34. The van der Waals surface area contributed by atoms with Gasteiger partial charge in [-0.05, 0) is 42.8 Å². The van der Waals surface area contributed by atoms with E-state index in [-0.39, 0.29) is 4.90 Å². The summed E-state index contributed by atoms with van der Waals surface area (Å²) in [4.78, 5) is 11.8. The Bertz CT molecular complexity index is 725. The molecule has 0 radical (unpaired) electrons. The second-order valence-electron chi connectivity index (χ2n) is 4.63. The van der Waals surface area contributed by atoms with Crippen LogP contribution >= 0.6 is 0 Å². The molecule has 0 aliphatic carbocycles. The Balaban J connectivity index is 2.10. The Morgan fingerprint density at radius 2 is 1.68 bits per heavy atom. The van der Waals surface area contributed by atoms with Crippen molar-refractivity contribution in [2.24, 2.45) is 0 Å². The summed E-state index contributed by atoms with van der Waals surface area (Å²) in [5, 5.41) is 0. The second kappa shape index (κ2) is 7.09. The van der Waals surface area contributed by atoms with E-state index in [9.17, 15) is 13.2 Å². The Labute approximate surface area is 130 Å². The van der Waals surface area contributed by atoms with Crippen molar-refractivity contribution in [2.45, 2.75) is 18.2 Å². The van der Waals surface area contributed by atoms with E-state index in [2.05, 4.69) is 4.72 Å². The van der Waals surface area contributed by atoms with E-state index in [1.165, 1.54) is 36.4 Å². The highest BCUT2D eigenvalue weighted by atomic mass is 32.2. The SMILES string of the molecule is CCCOC(=O)c1ccc(NS(=O)(=O)c2ccccc2)cc1. The highest BCUT2D eigenvalue weighted by Crippen LogP contribution is 2.16. The lowest BCUT2D eigenvalue weighted by atomic mass is 10.2. The van der Waals surface area contributed by atoms with Gasteiger partial charge in [0.05, 0.1) is 17.1 Å². The molecular formula is C16H17NO4S. The third kappa shape index (κ3) is 4.08. The number of nitrogens with one attached hydrogen (secondary N) is 1. The quantitative estimate of drug-likeness (QED) is 0.831. The molecule has 5 nitrogen and oxygen atoms in total. The maximum absolute atomic E-state index is 12.2. The van der Waals surface area contributed by atoms with Crippen molar-refractivity contribution in [3.8, 4) is 0 Å². The molecule has 1 N–H and O–H groups in total. The van der Waals surface area contributed by atoms with Crippen molar-refractivity contribution in [3.63, 3.8) is 0 Å². The van der Waals surface area contributed by atoms with Gasteiger partial charge in [0.25, 0.3) is 10.0 Å². The van der Waals surface area contributed by atoms with Crippen molar-refractivity contribution in [1.82, 2.24) is 0 Å². The largest absolute Gasteiger partial charge is 0.462 e. The number of anilines is 1. The number of carbonyl (C=O) groups excluding carboxylic acids is 1. The van der Waals surface area contributed by atoms with E-state index < -0.39 is 16.0 Å². The van der Waals surface area contributed by atoms with Gasteiger partial charge in [0.15, 0.2) is 0 Å². The van der Waals surface area contributed by atoms with E-state index in [4.69, 9.17) is 4.74 Å². The van der Waals surface area contributed by atoms with Crippen LogP contribution in [0.25, 0.3) is 0 Å². The number of sulfonamides is 1. The van der Waals surface area contributed by atoms with E-state index in [1.54, 1.807) is 18.2 Å². The molecule has 0 fully saturated rings. The molecule has 0 aliphatic rings. The molecule has 0 bridgehead atoms. The number of rotatable bonds is 6. The van der Waals surface area contributed by atoms with Crippen LogP contribution in [0.5, 0.6) is 0 Å². The summed E-state index contributed by atoms with van der Waals surface area (Å²) in [6, 6.07) is 14.2. The van der Waals surface area contributed by atoms with Crippen LogP contribution in [0.3, 0.4) is 0 Å². The molecule has 2 aromatic rings. The van der Waals surface area contributed by atoms with Gasteiger partial charge in [-0.15, -0.1) is 0 Å². The lowest BCUT2D eigenvalue weighted by molar-refractivity contribution is 0.0505. The first-order valence-corrected chi connectivity index (χ1v) is 8.36. The van der Waals surface area contributed by atoms with Gasteiger partial charge < -0.3 is 4.74 Å². The minimum Gasteiger partial charge on any atom is -0.462 e. The van der Waals surface area contributed by atoms with E-state index in [0.717, 1.165) is 6.42 Å². The minimum atomic E-state index is -3.63. The standard InChI is InChI=1S/C16H17NO4S/c1-2-12-21-16(18)13-8-10-14(11-9-13)17-22(19,20)15-6-4-3-5-7-15/h3-11,17H,2,12H2,1H3. The molecule has 0 spiro atoms. The van der Waals surface area contributed by atoms with Crippen LogP contribution in [0, 0.1) is 0 Å². The van der Waals surface area contributed by atoms with Gasteiger partial charge in [-0.25, -0.2) is 13.2 Å². The summed E-state index contributed by atoms with van der Waals surface area (Å²) in [5.74, 6) is -0.417. The van der Waals surface area contributed by atoms with E-state index in [1.807, 2.05) is 6.92 Å². The summed E-state index contributed by atoms with van der Waals surface area (Å²) in [5.41, 5.74) is 0.770. The van der Waals surface area contributed by atoms with Crippen LogP contribution in [0.2, 0.25) is 0 Å². The van der Waals surface area contributed by atoms with E-state index >= 15 is 0 Å². The second-order valence-corrected chi connectivity index (χ2v) is 6.31. The molecule has 0 saturated carbocycles. The maximum Gasteiger partial charge on any atom is 0.338 e. The zero-order valence-corrected chi connectivity index (χ0v) is 13.0.